The molecule has 0 aromatic rings. The minimum atomic E-state index is 0.529. The van der Waals surface area contributed by atoms with Gasteiger partial charge >= 0.3 is 0 Å². The van der Waals surface area contributed by atoms with Gasteiger partial charge in [-0.05, 0) is 25.7 Å². The summed E-state index contributed by atoms with van der Waals surface area (Å²) in [5.74, 6) is 0.671. The van der Waals surface area contributed by atoms with Gasteiger partial charge in [0.05, 0.1) is 19.3 Å². The smallest absolute Gasteiger partial charge is 0.0692 e. The first-order chi connectivity index (χ1) is 6.36. The molecule has 3 heteroatoms. The molecule has 0 amide bonds. The Morgan fingerprint density at radius 2 is 2.23 bits per heavy atom. The summed E-state index contributed by atoms with van der Waals surface area (Å²) in [6.07, 6.45) is 5.67. The maximum atomic E-state index is 5.91. The summed E-state index contributed by atoms with van der Waals surface area (Å²) in [7, 11) is 0. The Hall–Kier alpha value is 0.650. The van der Waals surface area contributed by atoms with E-state index < -0.39 is 0 Å². The van der Waals surface area contributed by atoms with Crippen LogP contribution in [0.1, 0.15) is 25.7 Å². The first kappa shape index (κ1) is 10.2. The molecule has 3 unspecified atom stereocenters. The Labute approximate surface area is 93.5 Å². The first-order valence-electron chi connectivity index (χ1n) is 5.19. The van der Waals surface area contributed by atoms with Gasteiger partial charge in [0.1, 0.15) is 0 Å². The van der Waals surface area contributed by atoms with E-state index in [1.54, 1.807) is 0 Å². The van der Waals surface area contributed by atoms with Gasteiger partial charge in [-0.25, -0.2) is 0 Å². The number of rotatable bonds is 3. The first-order valence-corrected chi connectivity index (χ1v) is 6.44. The van der Waals surface area contributed by atoms with E-state index in [0.29, 0.717) is 12.0 Å². The third kappa shape index (κ3) is 2.80. The summed E-state index contributed by atoms with van der Waals surface area (Å²) in [5, 5.41) is 0. The van der Waals surface area contributed by atoms with Crippen molar-refractivity contribution in [1.82, 2.24) is 0 Å². The second-order valence-electron chi connectivity index (χ2n) is 4.05. The molecule has 0 spiro atoms. The summed E-state index contributed by atoms with van der Waals surface area (Å²) in [4.78, 5) is 0. The van der Waals surface area contributed by atoms with Crippen LogP contribution >= 0.6 is 22.6 Å². The predicted molar refractivity (Wildman–Crippen MR) is 60.3 cm³/mol. The van der Waals surface area contributed by atoms with E-state index in [0.717, 1.165) is 23.7 Å². The third-order valence-corrected chi connectivity index (χ3v) is 4.37. The molecule has 0 aromatic carbocycles. The van der Waals surface area contributed by atoms with Crippen LogP contribution in [0, 0.1) is 5.92 Å². The molecular weight excluding hydrogens is 279 g/mol. The maximum Gasteiger partial charge on any atom is 0.0692 e. The van der Waals surface area contributed by atoms with Crippen LogP contribution in [-0.2, 0) is 9.47 Å². The molecule has 1 aliphatic carbocycles. The lowest BCUT2D eigenvalue weighted by atomic mass is 10.1. The molecule has 1 heterocycles. The van der Waals surface area contributed by atoms with Crippen LogP contribution in [-0.4, -0.2) is 29.8 Å². The largest absolute Gasteiger partial charge is 0.381 e. The second kappa shape index (κ2) is 4.94. The van der Waals surface area contributed by atoms with Gasteiger partial charge in [0.15, 0.2) is 0 Å². The molecule has 2 aliphatic rings. The molecule has 0 aromatic heterocycles. The second-order valence-corrected chi connectivity index (χ2v) is 5.65. The van der Waals surface area contributed by atoms with Gasteiger partial charge in [-0.2, -0.15) is 0 Å². The van der Waals surface area contributed by atoms with Crippen molar-refractivity contribution >= 4 is 22.6 Å². The number of alkyl halides is 1. The van der Waals surface area contributed by atoms with Crippen LogP contribution in [0.4, 0.5) is 0 Å². The van der Waals surface area contributed by atoms with E-state index in [-0.39, 0.29) is 0 Å². The molecule has 2 rings (SSSR count). The van der Waals surface area contributed by atoms with E-state index in [1.165, 1.54) is 25.7 Å². The molecule has 0 bridgehead atoms. The number of halogens is 1. The number of ether oxygens (including phenoxy) is 2. The quantitative estimate of drug-likeness (QED) is 0.588. The lowest BCUT2D eigenvalue weighted by Gasteiger charge is -2.17. The van der Waals surface area contributed by atoms with Gasteiger partial charge < -0.3 is 9.47 Å². The number of hydrogen-bond acceptors (Lipinski definition) is 2. The Kier molecular flexibility index (Phi) is 3.86. The summed E-state index contributed by atoms with van der Waals surface area (Å²) in [5.41, 5.74) is 0. The summed E-state index contributed by atoms with van der Waals surface area (Å²) >= 11 is 2.52. The van der Waals surface area contributed by atoms with Crippen molar-refractivity contribution < 1.29 is 9.47 Å². The fourth-order valence-electron chi connectivity index (χ4n) is 2.04. The van der Waals surface area contributed by atoms with Crippen LogP contribution in [0.15, 0.2) is 0 Å². The normalized spacial score (nSPS) is 39.9. The molecule has 1 saturated carbocycles. The molecule has 3 atom stereocenters. The Morgan fingerprint density at radius 1 is 1.31 bits per heavy atom. The van der Waals surface area contributed by atoms with Gasteiger partial charge in [0.25, 0.3) is 0 Å². The van der Waals surface area contributed by atoms with Crippen molar-refractivity contribution in [1.29, 1.82) is 0 Å². The Morgan fingerprint density at radius 3 is 2.85 bits per heavy atom. The standard InChI is InChI=1S/C10H17IO2/c11-9-2-1-3-10(9)13-7-8-4-5-12-6-8/h8-10H,1-7H2. The molecule has 0 radical (unpaired) electrons. The lowest BCUT2D eigenvalue weighted by Crippen LogP contribution is -2.22. The van der Waals surface area contributed by atoms with Gasteiger partial charge in [0, 0.05) is 16.4 Å². The van der Waals surface area contributed by atoms with Crippen LogP contribution in [0.25, 0.3) is 0 Å². The zero-order valence-electron chi connectivity index (χ0n) is 7.88. The molecular formula is C10H17IO2. The maximum absolute atomic E-state index is 5.91. The summed E-state index contributed by atoms with van der Waals surface area (Å²) < 4.78 is 12.0. The van der Waals surface area contributed by atoms with Crippen molar-refractivity contribution in [3.8, 4) is 0 Å². The van der Waals surface area contributed by atoms with Crippen molar-refractivity contribution in [2.75, 3.05) is 19.8 Å². The summed E-state index contributed by atoms with van der Waals surface area (Å²) in [6, 6.07) is 0. The molecule has 0 N–H and O–H groups in total. The van der Waals surface area contributed by atoms with Crippen LogP contribution in [0.5, 0.6) is 0 Å². The van der Waals surface area contributed by atoms with Crippen molar-refractivity contribution in [2.24, 2.45) is 5.92 Å². The number of hydrogen-bond donors (Lipinski definition) is 0. The fraction of sp³-hybridized carbons (Fsp3) is 1.00. The molecule has 13 heavy (non-hydrogen) atoms. The van der Waals surface area contributed by atoms with Crippen molar-refractivity contribution in [2.45, 2.75) is 35.7 Å². The lowest BCUT2D eigenvalue weighted by molar-refractivity contribution is 0.0353. The average Bonchev–Trinajstić information content (AvgIpc) is 2.72. The highest BCUT2D eigenvalue weighted by Gasteiger charge is 2.27. The van der Waals surface area contributed by atoms with Gasteiger partial charge in [-0.1, -0.05) is 22.6 Å². The molecule has 2 fully saturated rings. The van der Waals surface area contributed by atoms with E-state index in [2.05, 4.69) is 22.6 Å². The van der Waals surface area contributed by atoms with E-state index in [1.807, 2.05) is 0 Å². The van der Waals surface area contributed by atoms with Gasteiger partial charge in [-0.15, -0.1) is 0 Å². The average molecular weight is 296 g/mol. The zero-order chi connectivity index (χ0) is 9.10. The van der Waals surface area contributed by atoms with Crippen LogP contribution < -0.4 is 0 Å². The molecule has 76 valence electrons. The van der Waals surface area contributed by atoms with Crippen molar-refractivity contribution in [3.63, 3.8) is 0 Å². The van der Waals surface area contributed by atoms with E-state index in [4.69, 9.17) is 9.47 Å². The highest BCUT2D eigenvalue weighted by Crippen LogP contribution is 2.29. The van der Waals surface area contributed by atoms with Crippen LogP contribution in [0.2, 0.25) is 0 Å². The monoisotopic (exact) mass is 296 g/mol. The predicted octanol–water partition coefficient (Wildman–Crippen LogP) is 2.40. The van der Waals surface area contributed by atoms with E-state index >= 15 is 0 Å². The van der Waals surface area contributed by atoms with E-state index in [9.17, 15) is 0 Å². The van der Waals surface area contributed by atoms with Gasteiger partial charge in [-0.3, -0.25) is 0 Å². The third-order valence-electron chi connectivity index (χ3n) is 2.94. The Bertz CT molecular complexity index is 157. The highest BCUT2D eigenvalue weighted by atomic mass is 127. The fourth-order valence-corrected chi connectivity index (χ4v) is 3.05. The van der Waals surface area contributed by atoms with Gasteiger partial charge in [0.2, 0.25) is 0 Å². The molecule has 1 aliphatic heterocycles. The SMILES string of the molecule is IC1CCCC1OCC1CCOC1. The minimum Gasteiger partial charge on any atom is -0.381 e. The minimum absolute atomic E-state index is 0.529. The van der Waals surface area contributed by atoms with Crippen LogP contribution in [0.3, 0.4) is 0 Å². The van der Waals surface area contributed by atoms with Crippen molar-refractivity contribution in [3.05, 3.63) is 0 Å². The molecule has 1 saturated heterocycles. The molecule has 2 nitrogen and oxygen atoms in total. The highest BCUT2D eigenvalue weighted by molar-refractivity contribution is 14.1. The Balaban J connectivity index is 1.66. The zero-order valence-corrected chi connectivity index (χ0v) is 10.0. The topological polar surface area (TPSA) is 18.5 Å². The summed E-state index contributed by atoms with van der Waals surface area (Å²) in [6.45, 7) is 2.77.